The molecule has 0 aromatic carbocycles. The zero-order chi connectivity index (χ0) is 9.42. The minimum atomic E-state index is -0.449. The number of carbonyl (C=O) groups is 1. The molecule has 0 spiro atoms. The van der Waals surface area contributed by atoms with E-state index in [1.807, 2.05) is 6.92 Å². The van der Waals surface area contributed by atoms with E-state index >= 15 is 0 Å². The summed E-state index contributed by atoms with van der Waals surface area (Å²) in [7, 11) is 0. The van der Waals surface area contributed by atoms with Crippen molar-refractivity contribution in [2.24, 2.45) is 5.73 Å². The number of nitrogens with zero attached hydrogens (tertiary/aromatic N) is 3. The minimum Gasteiger partial charge on any atom is -0.366 e. The lowest BCUT2D eigenvalue weighted by atomic mass is 10.3. The Balaban J connectivity index is 2.72. The van der Waals surface area contributed by atoms with Gasteiger partial charge in [-0.05, 0) is 19.1 Å². The Hall–Kier alpha value is -1.91. The molecular formula is C8H8N4O. The van der Waals surface area contributed by atoms with Crippen molar-refractivity contribution in [3.05, 3.63) is 29.7 Å². The highest BCUT2D eigenvalue weighted by Crippen LogP contribution is 2.05. The lowest BCUT2D eigenvalue weighted by molar-refractivity contribution is 0.1000. The third kappa shape index (κ3) is 1.14. The van der Waals surface area contributed by atoms with E-state index in [4.69, 9.17) is 5.73 Å². The van der Waals surface area contributed by atoms with E-state index in [2.05, 4.69) is 10.2 Å². The number of aromatic nitrogens is 3. The summed E-state index contributed by atoms with van der Waals surface area (Å²) in [6.45, 7) is 1.81. The van der Waals surface area contributed by atoms with Crippen molar-refractivity contribution >= 4 is 11.6 Å². The van der Waals surface area contributed by atoms with Crippen LogP contribution in [0.15, 0.2) is 18.3 Å². The van der Waals surface area contributed by atoms with Gasteiger partial charge in [-0.2, -0.15) is 0 Å². The van der Waals surface area contributed by atoms with Crippen molar-refractivity contribution in [2.75, 3.05) is 0 Å². The average molecular weight is 176 g/mol. The highest BCUT2D eigenvalue weighted by atomic mass is 16.1. The molecule has 0 bridgehead atoms. The fraction of sp³-hybridized carbons (Fsp3) is 0.125. The van der Waals surface area contributed by atoms with Gasteiger partial charge in [0.25, 0.3) is 0 Å². The van der Waals surface area contributed by atoms with Crippen molar-refractivity contribution in [3.63, 3.8) is 0 Å². The smallest absolute Gasteiger partial charge is 0.250 e. The lowest BCUT2D eigenvalue weighted by Crippen LogP contribution is -2.11. The summed E-state index contributed by atoms with van der Waals surface area (Å²) in [6.07, 6.45) is 1.63. The van der Waals surface area contributed by atoms with E-state index in [9.17, 15) is 4.79 Å². The Kier molecular flexibility index (Phi) is 1.51. The molecule has 0 aliphatic rings. The van der Waals surface area contributed by atoms with E-state index in [1.54, 1.807) is 22.7 Å². The van der Waals surface area contributed by atoms with Crippen molar-refractivity contribution in [1.29, 1.82) is 0 Å². The number of primary amides is 1. The summed E-state index contributed by atoms with van der Waals surface area (Å²) >= 11 is 0. The van der Waals surface area contributed by atoms with Gasteiger partial charge in [0.15, 0.2) is 5.65 Å². The summed E-state index contributed by atoms with van der Waals surface area (Å²) in [5.41, 5.74) is 6.30. The summed E-state index contributed by atoms with van der Waals surface area (Å²) in [5.74, 6) is 0.285. The average Bonchev–Trinajstić information content (AvgIpc) is 2.47. The highest BCUT2D eigenvalue weighted by molar-refractivity contribution is 5.92. The van der Waals surface area contributed by atoms with Crippen LogP contribution in [0.4, 0.5) is 0 Å². The Morgan fingerprint density at radius 3 is 2.92 bits per heavy atom. The van der Waals surface area contributed by atoms with Gasteiger partial charge in [0.2, 0.25) is 5.91 Å². The molecule has 0 saturated heterocycles. The predicted octanol–water partition coefficient (Wildman–Crippen LogP) is 0.137. The maximum absolute atomic E-state index is 10.8. The van der Waals surface area contributed by atoms with Gasteiger partial charge >= 0.3 is 0 Å². The first-order valence-electron chi connectivity index (χ1n) is 3.79. The van der Waals surface area contributed by atoms with Crippen LogP contribution in [0.1, 0.15) is 16.2 Å². The Labute approximate surface area is 74.2 Å². The maximum Gasteiger partial charge on any atom is 0.250 e. The molecule has 0 fully saturated rings. The molecular weight excluding hydrogens is 168 g/mol. The van der Waals surface area contributed by atoms with Gasteiger partial charge in [0.1, 0.15) is 5.82 Å². The molecule has 0 atom stereocenters. The molecule has 2 N–H and O–H groups in total. The second-order valence-electron chi connectivity index (χ2n) is 2.76. The number of rotatable bonds is 1. The normalized spacial score (nSPS) is 10.5. The number of carbonyl (C=O) groups excluding carboxylic acids is 1. The molecule has 0 radical (unpaired) electrons. The van der Waals surface area contributed by atoms with Crippen LogP contribution in [0.5, 0.6) is 0 Å². The number of amides is 1. The summed E-state index contributed by atoms with van der Waals surface area (Å²) in [5, 5.41) is 7.74. The zero-order valence-corrected chi connectivity index (χ0v) is 7.06. The number of aryl methyl sites for hydroxylation is 1. The third-order valence-electron chi connectivity index (χ3n) is 1.86. The van der Waals surface area contributed by atoms with Crippen LogP contribution in [0.3, 0.4) is 0 Å². The molecule has 2 aromatic rings. The van der Waals surface area contributed by atoms with Crippen molar-refractivity contribution in [1.82, 2.24) is 14.6 Å². The van der Waals surface area contributed by atoms with E-state index in [-0.39, 0.29) is 0 Å². The first-order chi connectivity index (χ1) is 6.18. The summed E-state index contributed by atoms with van der Waals surface area (Å²) < 4.78 is 1.72. The molecule has 1 amide bonds. The predicted molar refractivity (Wildman–Crippen MR) is 46.2 cm³/mol. The molecule has 0 aliphatic carbocycles. The Morgan fingerprint density at radius 2 is 2.23 bits per heavy atom. The van der Waals surface area contributed by atoms with Crippen LogP contribution in [0, 0.1) is 6.92 Å². The molecule has 0 aliphatic heterocycles. The number of pyridine rings is 1. The molecule has 66 valence electrons. The lowest BCUT2D eigenvalue weighted by Gasteiger charge is -1.97. The van der Waals surface area contributed by atoms with Gasteiger partial charge in [-0.1, -0.05) is 0 Å². The van der Waals surface area contributed by atoms with Crippen LogP contribution < -0.4 is 5.73 Å². The fourth-order valence-corrected chi connectivity index (χ4v) is 1.15. The maximum atomic E-state index is 10.8. The molecule has 2 aromatic heterocycles. The number of fused-ring (bicyclic) bond motifs is 1. The van der Waals surface area contributed by atoms with Crippen LogP contribution in [-0.2, 0) is 0 Å². The number of hydrogen-bond acceptors (Lipinski definition) is 3. The summed E-state index contributed by atoms with van der Waals surface area (Å²) in [4.78, 5) is 10.8. The van der Waals surface area contributed by atoms with Gasteiger partial charge in [-0.15, -0.1) is 10.2 Å². The van der Waals surface area contributed by atoms with Crippen LogP contribution in [0.2, 0.25) is 0 Å². The molecule has 0 unspecified atom stereocenters. The van der Waals surface area contributed by atoms with Crippen molar-refractivity contribution < 1.29 is 4.79 Å². The van der Waals surface area contributed by atoms with Gasteiger partial charge in [-0.25, -0.2) is 0 Å². The van der Waals surface area contributed by atoms with Gasteiger partial charge in [0, 0.05) is 6.20 Å². The fourth-order valence-electron chi connectivity index (χ4n) is 1.15. The molecule has 2 rings (SSSR count). The summed E-state index contributed by atoms with van der Waals surface area (Å²) in [6, 6.07) is 3.34. The second-order valence-corrected chi connectivity index (χ2v) is 2.76. The first-order valence-corrected chi connectivity index (χ1v) is 3.79. The molecule has 13 heavy (non-hydrogen) atoms. The molecule has 0 saturated carbocycles. The van der Waals surface area contributed by atoms with Gasteiger partial charge in [-0.3, -0.25) is 9.20 Å². The molecule has 5 heteroatoms. The van der Waals surface area contributed by atoms with Crippen molar-refractivity contribution in [2.45, 2.75) is 6.92 Å². The van der Waals surface area contributed by atoms with E-state index < -0.39 is 5.91 Å². The van der Waals surface area contributed by atoms with E-state index in [0.29, 0.717) is 11.2 Å². The molecule has 2 heterocycles. The van der Waals surface area contributed by atoms with E-state index in [1.165, 1.54) is 0 Å². The largest absolute Gasteiger partial charge is 0.366 e. The van der Waals surface area contributed by atoms with Gasteiger partial charge < -0.3 is 5.73 Å². The van der Waals surface area contributed by atoms with E-state index in [0.717, 1.165) is 5.82 Å². The highest BCUT2D eigenvalue weighted by Gasteiger charge is 2.04. The first kappa shape index (κ1) is 7.72. The van der Waals surface area contributed by atoms with Gasteiger partial charge in [0.05, 0.1) is 5.56 Å². The number of hydrogen-bond donors (Lipinski definition) is 1. The molecule has 5 nitrogen and oxygen atoms in total. The van der Waals surface area contributed by atoms with Crippen LogP contribution >= 0.6 is 0 Å². The Bertz CT molecular complexity index is 474. The van der Waals surface area contributed by atoms with Crippen LogP contribution in [0.25, 0.3) is 5.65 Å². The number of nitrogens with two attached hydrogens (primary N) is 1. The van der Waals surface area contributed by atoms with Crippen molar-refractivity contribution in [3.8, 4) is 0 Å². The Morgan fingerprint density at radius 1 is 1.46 bits per heavy atom. The van der Waals surface area contributed by atoms with Crippen LogP contribution in [-0.4, -0.2) is 20.5 Å². The topological polar surface area (TPSA) is 73.3 Å². The second kappa shape index (κ2) is 2.55. The monoisotopic (exact) mass is 176 g/mol. The zero-order valence-electron chi connectivity index (χ0n) is 7.06. The third-order valence-corrected chi connectivity index (χ3v) is 1.86. The minimum absolute atomic E-state index is 0.449. The SMILES string of the molecule is Cc1nnc2ccc(C(N)=O)cn12. The quantitative estimate of drug-likeness (QED) is 0.671. The standard InChI is InChI=1S/C8H8N4O/c1-5-10-11-7-3-2-6(8(9)13)4-12(5)7/h2-4H,1H3,(H2,9,13).